The van der Waals surface area contributed by atoms with Crippen LogP contribution in [0.1, 0.15) is 19.8 Å². The molecule has 2 rings (SSSR count). The first kappa shape index (κ1) is 10.7. The van der Waals surface area contributed by atoms with Crippen molar-refractivity contribution in [2.24, 2.45) is 5.92 Å². The van der Waals surface area contributed by atoms with E-state index in [1.54, 1.807) is 6.20 Å². The predicted octanol–water partition coefficient (Wildman–Crippen LogP) is 1.77. The Morgan fingerprint density at radius 1 is 1.53 bits per heavy atom. The zero-order valence-corrected chi connectivity index (χ0v) is 10.2. The van der Waals surface area contributed by atoms with E-state index in [2.05, 4.69) is 38.0 Å². The van der Waals surface area contributed by atoms with Gasteiger partial charge >= 0.3 is 0 Å². The molecule has 0 amide bonds. The molecule has 0 radical (unpaired) electrons. The molecule has 0 aliphatic carbocycles. The summed E-state index contributed by atoms with van der Waals surface area (Å²) >= 11 is 3.31. The highest BCUT2D eigenvalue weighted by molar-refractivity contribution is 9.10. The highest BCUT2D eigenvalue weighted by Crippen LogP contribution is 2.26. The van der Waals surface area contributed by atoms with E-state index in [-0.39, 0.29) is 5.56 Å². The minimum atomic E-state index is -0.161. The lowest BCUT2D eigenvalue weighted by molar-refractivity contribution is 0.437. The third-order valence-electron chi connectivity index (χ3n) is 2.90. The highest BCUT2D eigenvalue weighted by atomic mass is 79.9. The number of aromatic nitrogens is 2. The fraction of sp³-hybridized carbons (Fsp3) is 0.600. The molecule has 0 atom stereocenters. The Hall–Kier alpha value is -0.840. The molecule has 4 nitrogen and oxygen atoms in total. The summed E-state index contributed by atoms with van der Waals surface area (Å²) in [6.07, 6.45) is 4.07. The summed E-state index contributed by atoms with van der Waals surface area (Å²) in [4.78, 5) is 13.6. The maximum atomic E-state index is 11.4. The quantitative estimate of drug-likeness (QED) is 0.847. The Balaban J connectivity index is 2.23. The number of anilines is 1. The van der Waals surface area contributed by atoms with Crippen molar-refractivity contribution in [1.82, 2.24) is 10.2 Å². The number of nitrogens with zero attached hydrogens (tertiary/aromatic N) is 2. The van der Waals surface area contributed by atoms with Crippen LogP contribution < -0.4 is 10.5 Å². The maximum absolute atomic E-state index is 11.4. The molecule has 82 valence electrons. The van der Waals surface area contributed by atoms with Gasteiger partial charge in [-0.2, -0.15) is 5.10 Å². The van der Waals surface area contributed by atoms with Crippen molar-refractivity contribution in [2.45, 2.75) is 19.8 Å². The Kier molecular flexibility index (Phi) is 3.09. The maximum Gasteiger partial charge on any atom is 0.280 e. The van der Waals surface area contributed by atoms with Crippen molar-refractivity contribution in [1.29, 1.82) is 0 Å². The van der Waals surface area contributed by atoms with Gasteiger partial charge in [0.2, 0.25) is 0 Å². The lowest BCUT2D eigenvalue weighted by atomic mass is 9.99. The number of halogens is 1. The number of hydrogen-bond acceptors (Lipinski definition) is 3. The van der Waals surface area contributed by atoms with Crippen molar-refractivity contribution in [3.05, 3.63) is 21.0 Å². The Labute approximate surface area is 96.8 Å². The molecular weight excluding hydrogens is 258 g/mol. The molecule has 1 fully saturated rings. The standard InChI is InChI=1S/C10H14BrN3O/c1-7-2-4-14(5-3-7)8-6-12-13-10(15)9(8)11/h6-7H,2-5H2,1H3,(H,13,15). The Morgan fingerprint density at radius 2 is 2.20 bits per heavy atom. The van der Waals surface area contributed by atoms with E-state index in [4.69, 9.17) is 0 Å². The lowest BCUT2D eigenvalue weighted by Crippen LogP contribution is -2.34. The molecule has 1 aromatic rings. The van der Waals surface area contributed by atoms with Gasteiger partial charge in [-0.3, -0.25) is 4.79 Å². The Morgan fingerprint density at radius 3 is 2.87 bits per heavy atom. The second-order valence-electron chi connectivity index (χ2n) is 4.07. The summed E-state index contributed by atoms with van der Waals surface area (Å²) in [7, 11) is 0. The number of nitrogens with one attached hydrogen (secondary N) is 1. The van der Waals surface area contributed by atoms with Crippen LogP contribution in [0.2, 0.25) is 0 Å². The second-order valence-corrected chi connectivity index (χ2v) is 4.86. The minimum Gasteiger partial charge on any atom is -0.369 e. The number of H-pyrrole nitrogens is 1. The van der Waals surface area contributed by atoms with Gasteiger partial charge < -0.3 is 4.90 Å². The molecule has 1 aliphatic heterocycles. The van der Waals surface area contributed by atoms with Crippen molar-refractivity contribution in [2.75, 3.05) is 18.0 Å². The van der Waals surface area contributed by atoms with Gasteiger partial charge in [0.1, 0.15) is 4.47 Å². The van der Waals surface area contributed by atoms with Crippen molar-refractivity contribution in [3.8, 4) is 0 Å². The van der Waals surface area contributed by atoms with Gasteiger partial charge in [0.25, 0.3) is 5.56 Å². The average molecular weight is 272 g/mol. The predicted molar refractivity (Wildman–Crippen MR) is 63.2 cm³/mol. The van der Waals surface area contributed by atoms with Gasteiger partial charge in [-0.1, -0.05) is 6.92 Å². The van der Waals surface area contributed by atoms with Crippen molar-refractivity contribution < 1.29 is 0 Å². The summed E-state index contributed by atoms with van der Waals surface area (Å²) in [6, 6.07) is 0. The van der Waals surface area contributed by atoms with E-state index in [9.17, 15) is 4.79 Å². The average Bonchev–Trinajstić information content (AvgIpc) is 2.24. The summed E-state index contributed by atoms with van der Waals surface area (Å²) < 4.78 is 0.590. The largest absolute Gasteiger partial charge is 0.369 e. The molecule has 0 saturated carbocycles. The van der Waals surface area contributed by atoms with Crippen LogP contribution in [0.5, 0.6) is 0 Å². The SMILES string of the molecule is CC1CCN(c2cn[nH]c(=O)c2Br)CC1. The van der Waals surface area contributed by atoms with Crippen molar-refractivity contribution in [3.63, 3.8) is 0 Å². The van der Waals surface area contributed by atoms with Crippen LogP contribution in [0.15, 0.2) is 15.5 Å². The van der Waals surface area contributed by atoms with E-state index >= 15 is 0 Å². The van der Waals surface area contributed by atoms with Crippen LogP contribution in [-0.2, 0) is 0 Å². The second kappa shape index (κ2) is 4.35. The van der Waals surface area contributed by atoms with Gasteiger partial charge in [0, 0.05) is 13.1 Å². The van der Waals surface area contributed by atoms with Crippen molar-refractivity contribution >= 4 is 21.6 Å². The summed E-state index contributed by atoms with van der Waals surface area (Å²) in [5.41, 5.74) is 0.747. The van der Waals surface area contributed by atoms with Crippen LogP contribution in [-0.4, -0.2) is 23.3 Å². The molecule has 0 bridgehead atoms. The third-order valence-corrected chi connectivity index (χ3v) is 3.67. The third kappa shape index (κ3) is 2.22. The summed E-state index contributed by atoms with van der Waals surface area (Å²) in [5.74, 6) is 0.787. The zero-order valence-electron chi connectivity index (χ0n) is 8.66. The van der Waals surface area contributed by atoms with Crippen LogP contribution in [0.3, 0.4) is 0 Å². The molecular formula is C10H14BrN3O. The van der Waals surface area contributed by atoms with Gasteiger partial charge in [0.05, 0.1) is 11.9 Å². The fourth-order valence-electron chi connectivity index (χ4n) is 1.84. The van der Waals surface area contributed by atoms with E-state index in [0.29, 0.717) is 4.47 Å². The molecule has 1 aliphatic rings. The smallest absolute Gasteiger partial charge is 0.280 e. The molecule has 1 N–H and O–H groups in total. The van der Waals surface area contributed by atoms with Crippen LogP contribution in [0, 0.1) is 5.92 Å². The van der Waals surface area contributed by atoms with Gasteiger partial charge in [-0.15, -0.1) is 0 Å². The molecule has 0 unspecified atom stereocenters. The molecule has 2 heterocycles. The van der Waals surface area contributed by atoms with E-state index in [1.807, 2.05) is 0 Å². The summed E-state index contributed by atoms with van der Waals surface area (Å²) in [5, 5.41) is 6.24. The number of hydrogen-bond donors (Lipinski definition) is 1. The first-order valence-corrected chi connectivity index (χ1v) is 5.96. The number of piperidine rings is 1. The van der Waals surface area contributed by atoms with E-state index in [1.165, 1.54) is 12.8 Å². The number of aromatic amines is 1. The van der Waals surface area contributed by atoms with Crippen LogP contribution >= 0.6 is 15.9 Å². The highest BCUT2D eigenvalue weighted by Gasteiger charge is 2.18. The Bertz CT molecular complexity index is 396. The van der Waals surface area contributed by atoms with Gasteiger partial charge in [-0.25, -0.2) is 5.10 Å². The minimum absolute atomic E-state index is 0.161. The first-order valence-electron chi connectivity index (χ1n) is 5.16. The molecule has 15 heavy (non-hydrogen) atoms. The lowest BCUT2D eigenvalue weighted by Gasteiger charge is -2.32. The topological polar surface area (TPSA) is 49.0 Å². The first-order chi connectivity index (χ1) is 7.18. The van der Waals surface area contributed by atoms with Gasteiger partial charge in [0.15, 0.2) is 0 Å². The molecule has 1 saturated heterocycles. The normalized spacial score (nSPS) is 18.1. The zero-order chi connectivity index (χ0) is 10.8. The molecule has 0 spiro atoms. The van der Waals surface area contributed by atoms with Crippen LogP contribution in [0.4, 0.5) is 5.69 Å². The van der Waals surface area contributed by atoms with Gasteiger partial charge in [-0.05, 0) is 34.7 Å². The summed E-state index contributed by atoms with van der Waals surface area (Å²) in [6.45, 7) is 4.28. The van der Waals surface area contributed by atoms with E-state index in [0.717, 1.165) is 24.7 Å². The van der Waals surface area contributed by atoms with Crippen LogP contribution in [0.25, 0.3) is 0 Å². The molecule has 1 aromatic heterocycles. The molecule has 5 heteroatoms. The monoisotopic (exact) mass is 271 g/mol. The fourth-order valence-corrected chi connectivity index (χ4v) is 2.29. The van der Waals surface area contributed by atoms with E-state index < -0.39 is 0 Å². The number of rotatable bonds is 1. The molecule has 0 aromatic carbocycles.